The van der Waals surface area contributed by atoms with Gasteiger partial charge in [-0.25, -0.2) is 9.37 Å². The molecule has 1 aliphatic heterocycles. The number of hydrogen-bond donors (Lipinski definition) is 0. The van der Waals surface area contributed by atoms with E-state index < -0.39 is 11.6 Å². The van der Waals surface area contributed by atoms with E-state index in [0.29, 0.717) is 44.3 Å². The van der Waals surface area contributed by atoms with Gasteiger partial charge in [0.1, 0.15) is 6.61 Å². The molecular formula is C19H24F2N2O4S. The maximum atomic E-state index is 14.4. The minimum Gasteiger partial charge on any atom is -0.487 e. The Morgan fingerprint density at radius 2 is 1.86 bits per heavy atom. The fourth-order valence-electron chi connectivity index (χ4n) is 2.73. The van der Waals surface area contributed by atoms with E-state index >= 15 is 0 Å². The van der Waals surface area contributed by atoms with E-state index in [1.807, 2.05) is 12.3 Å². The summed E-state index contributed by atoms with van der Waals surface area (Å²) in [7, 11) is 0. The molecule has 28 heavy (non-hydrogen) atoms. The Kier molecular flexibility index (Phi) is 7.96. The molecule has 0 N–H and O–H groups in total. The number of benzene rings is 1. The topological polar surface area (TPSA) is 53.0 Å². The van der Waals surface area contributed by atoms with Crippen molar-refractivity contribution in [3.8, 4) is 17.0 Å². The Morgan fingerprint density at radius 1 is 1.11 bits per heavy atom. The van der Waals surface area contributed by atoms with Crippen LogP contribution in [0, 0.1) is 11.6 Å². The largest absolute Gasteiger partial charge is 0.487 e. The van der Waals surface area contributed by atoms with E-state index in [1.165, 1.54) is 17.4 Å². The standard InChI is InChI=1S/C19H24F2N2O4S/c1-2-24-9-10-26-11-12-27-18-14(3-4-15(20)17(18)21)16-13-28-19(22-16)23-5-7-25-8-6-23/h3-4,13H,2,5-12H2,1H3. The van der Waals surface area contributed by atoms with Gasteiger partial charge in [-0.1, -0.05) is 0 Å². The van der Waals surface area contributed by atoms with Crippen molar-refractivity contribution < 1.29 is 27.7 Å². The quantitative estimate of drug-likeness (QED) is 0.556. The van der Waals surface area contributed by atoms with Crippen LogP contribution in [0.25, 0.3) is 11.3 Å². The van der Waals surface area contributed by atoms with E-state index in [0.717, 1.165) is 24.3 Å². The number of morpholine rings is 1. The van der Waals surface area contributed by atoms with Crippen molar-refractivity contribution in [3.63, 3.8) is 0 Å². The maximum absolute atomic E-state index is 14.4. The smallest absolute Gasteiger partial charge is 0.201 e. The predicted molar refractivity (Wildman–Crippen MR) is 103 cm³/mol. The van der Waals surface area contributed by atoms with Gasteiger partial charge in [-0.15, -0.1) is 11.3 Å². The first-order valence-corrected chi connectivity index (χ1v) is 10.1. The summed E-state index contributed by atoms with van der Waals surface area (Å²) in [6, 6.07) is 2.58. The average Bonchev–Trinajstić information content (AvgIpc) is 3.21. The molecule has 0 atom stereocenters. The number of hydrogen-bond acceptors (Lipinski definition) is 7. The molecule has 1 aromatic carbocycles. The van der Waals surface area contributed by atoms with E-state index in [1.54, 1.807) is 0 Å². The number of halogens is 2. The van der Waals surface area contributed by atoms with E-state index in [-0.39, 0.29) is 19.0 Å². The van der Waals surface area contributed by atoms with Crippen LogP contribution in [0.3, 0.4) is 0 Å². The second kappa shape index (κ2) is 10.7. The summed E-state index contributed by atoms with van der Waals surface area (Å²) in [5.74, 6) is -2.13. The SMILES string of the molecule is CCOCCOCCOc1c(-c2csc(N3CCOCC3)n2)ccc(F)c1F. The van der Waals surface area contributed by atoms with E-state index in [2.05, 4.69) is 9.88 Å². The van der Waals surface area contributed by atoms with Crippen LogP contribution < -0.4 is 9.64 Å². The monoisotopic (exact) mass is 414 g/mol. The van der Waals surface area contributed by atoms with Crippen molar-refractivity contribution in [3.05, 3.63) is 29.1 Å². The van der Waals surface area contributed by atoms with Gasteiger partial charge in [0.15, 0.2) is 16.7 Å². The Labute approximate surface area is 167 Å². The van der Waals surface area contributed by atoms with Crippen molar-refractivity contribution in [1.29, 1.82) is 0 Å². The molecule has 0 spiro atoms. The normalized spacial score (nSPS) is 14.5. The number of thiazole rings is 1. The molecule has 6 nitrogen and oxygen atoms in total. The van der Waals surface area contributed by atoms with Gasteiger partial charge in [-0.2, -0.15) is 4.39 Å². The molecule has 9 heteroatoms. The molecule has 1 aromatic heterocycles. The van der Waals surface area contributed by atoms with Crippen LogP contribution in [0.4, 0.5) is 13.9 Å². The summed E-state index contributed by atoms with van der Waals surface area (Å²) in [6.07, 6.45) is 0. The molecular weight excluding hydrogens is 390 g/mol. The summed E-state index contributed by atoms with van der Waals surface area (Å²) in [5, 5.41) is 2.65. The highest BCUT2D eigenvalue weighted by Crippen LogP contribution is 2.36. The van der Waals surface area contributed by atoms with Gasteiger partial charge in [0, 0.05) is 30.6 Å². The second-order valence-corrected chi connectivity index (χ2v) is 6.85. The summed E-state index contributed by atoms with van der Waals surface area (Å²) in [5.41, 5.74) is 0.974. The fourth-order valence-corrected chi connectivity index (χ4v) is 3.61. The molecule has 0 aliphatic carbocycles. The first-order chi connectivity index (χ1) is 13.7. The number of anilines is 1. The Morgan fingerprint density at radius 3 is 2.64 bits per heavy atom. The molecule has 1 aliphatic rings. The zero-order valence-corrected chi connectivity index (χ0v) is 16.6. The third-order valence-corrected chi connectivity index (χ3v) is 5.05. The van der Waals surface area contributed by atoms with Crippen molar-refractivity contribution in [2.75, 3.05) is 64.2 Å². The lowest BCUT2D eigenvalue weighted by Gasteiger charge is -2.26. The summed E-state index contributed by atoms with van der Waals surface area (Å²) < 4.78 is 49.5. The number of nitrogens with zero attached hydrogens (tertiary/aromatic N) is 2. The van der Waals surface area contributed by atoms with E-state index in [4.69, 9.17) is 18.9 Å². The lowest BCUT2D eigenvalue weighted by molar-refractivity contribution is 0.0400. The number of ether oxygens (including phenoxy) is 4. The van der Waals surface area contributed by atoms with Gasteiger partial charge in [-0.3, -0.25) is 0 Å². The zero-order valence-electron chi connectivity index (χ0n) is 15.8. The summed E-state index contributed by atoms with van der Waals surface area (Å²) in [4.78, 5) is 6.70. The van der Waals surface area contributed by atoms with Crippen molar-refractivity contribution in [2.24, 2.45) is 0 Å². The molecule has 3 rings (SSSR count). The van der Waals surface area contributed by atoms with Gasteiger partial charge in [0.25, 0.3) is 0 Å². The molecule has 0 bridgehead atoms. The molecule has 2 heterocycles. The van der Waals surface area contributed by atoms with Gasteiger partial charge < -0.3 is 23.8 Å². The van der Waals surface area contributed by atoms with Crippen LogP contribution in [0.2, 0.25) is 0 Å². The highest BCUT2D eigenvalue weighted by Gasteiger charge is 2.20. The second-order valence-electron chi connectivity index (χ2n) is 6.01. The van der Waals surface area contributed by atoms with Crippen molar-refractivity contribution >= 4 is 16.5 Å². The summed E-state index contributed by atoms with van der Waals surface area (Å²) >= 11 is 1.46. The minimum atomic E-state index is -1.02. The van der Waals surface area contributed by atoms with Crippen molar-refractivity contribution in [2.45, 2.75) is 6.92 Å². The van der Waals surface area contributed by atoms with Gasteiger partial charge in [-0.05, 0) is 19.1 Å². The van der Waals surface area contributed by atoms with Crippen LogP contribution in [-0.2, 0) is 14.2 Å². The Balaban J connectivity index is 1.67. The van der Waals surface area contributed by atoms with Crippen LogP contribution in [0.5, 0.6) is 5.75 Å². The molecule has 2 aromatic rings. The summed E-state index contributed by atoms with van der Waals surface area (Å²) in [6.45, 7) is 6.59. The highest BCUT2D eigenvalue weighted by molar-refractivity contribution is 7.14. The fraction of sp³-hybridized carbons (Fsp3) is 0.526. The Hall–Kier alpha value is -1.81. The van der Waals surface area contributed by atoms with E-state index in [9.17, 15) is 8.78 Å². The average molecular weight is 414 g/mol. The minimum absolute atomic E-state index is 0.0972. The lowest BCUT2D eigenvalue weighted by atomic mass is 10.1. The van der Waals surface area contributed by atoms with Crippen LogP contribution in [0.1, 0.15) is 6.92 Å². The van der Waals surface area contributed by atoms with Gasteiger partial charge >= 0.3 is 0 Å². The number of rotatable bonds is 10. The maximum Gasteiger partial charge on any atom is 0.201 e. The molecule has 0 unspecified atom stereocenters. The van der Waals surface area contributed by atoms with Gasteiger partial charge in [0.2, 0.25) is 5.82 Å². The van der Waals surface area contributed by atoms with Gasteiger partial charge in [0.05, 0.1) is 38.7 Å². The first kappa shape index (κ1) is 20.9. The molecule has 1 saturated heterocycles. The van der Waals surface area contributed by atoms with Crippen LogP contribution in [-0.4, -0.2) is 64.3 Å². The molecule has 0 amide bonds. The van der Waals surface area contributed by atoms with Crippen molar-refractivity contribution in [1.82, 2.24) is 4.98 Å². The third-order valence-electron chi connectivity index (χ3n) is 4.15. The molecule has 0 radical (unpaired) electrons. The number of aromatic nitrogens is 1. The predicted octanol–water partition coefficient (Wildman–Crippen LogP) is 3.36. The third kappa shape index (κ3) is 5.38. The first-order valence-electron chi connectivity index (χ1n) is 9.25. The molecule has 1 fully saturated rings. The lowest BCUT2D eigenvalue weighted by Crippen LogP contribution is -2.36. The Bertz CT molecular complexity index is 754. The molecule has 0 saturated carbocycles. The highest BCUT2D eigenvalue weighted by atomic mass is 32.1. The molecule has 154 valence electrons. The zero-order chi connectivity index (χ0) is 19.8. The van der Waals surface area contributed by atoms with Crippen LogP contribution >= 0.6 is 11.3 Å². The van der Waals surface area contributed by atoms with Crippen LogP contribution in [0.15, 0.2) is 17.5 Å².